The summed E-state index contributed by atoms with van der Waals surface area (Å²) in [5, 5.41) is 3.34. The van der Waals surface area contributed by atoms with Gasteiger partial charge in [0.1, 0.15) is 0 Å². The number of carbonyl (C=O) groups excluding carboxylic acids is 1. The minimum absolute atomic E-state index is 0.0670. The summed E-state index contributed by atoms with van der Waals surface area (Å²) in [7, 11) is 0. The molecule has 3 heteroatoms. The van der Waals surface area contributed by atoms with E-state index in [9.17, 15) is 4.79 Å². The second-order valence-corrected chi connectivity index (χ2v) is 6.34. The third-order valence-electron chi connectivity index (χ3n) is 5.07. The molecule has 1 aromatic rings. The van der Waals surface area contributed by atoms with Gasteiger partial charge in [0.15, 0.2) is 0 Å². The van der Waals surface area contributed by atoms with Crippen LogP contribution in [-0.2, 0) is 4.79 Å². The number of nitrogens with one attached hydrogen (secondary N) is 1. The molecule has 0 aliphatic heterocycles. The van der Waals surface area contributed by atoms with Crippen LogP contribution in [0.4, 0.5) is 0 Å². The van der Waals surface area contributed by atoms with E-state index >= 15 is 0 Å². The highest BCUT2D eigenvalue weighted by Crippen LogP contribution is 2.35. The molecule has 22 heavy (non-hydrogen) atoms. The normalized spacial score (nSPS) is 18.4. The predicted molar refractivity (Wildman–Crippen MR) is 91.7 cm³/mol. The van der Waals surface area contributed by atoms with Gasteiger partial charge in [0.05, 0.1) is 12.1 Å². The fraction of sp³-hybridized carbons (Fsp3) is 0.632. The number of hydrogen-bond acceptors (Lipinski definition) is 2. The minimum Gasteiger partial charge on any atom is -0.348 e. The van der Waals surface area contributed by atoms with Gasteiger partial charge in [0, 0.05) is 0 Å². The van der Waals surface area contributed by atoms with Gasteiger partial charge in [0.25, 0.3) is 0 Å². The molecule has 0 spiro atoms. The quantitative estimate of drug-likeness (QED) is 0.831. The van der Waals surface area contributed by atoms with Crippen molar-refractivity contribution in [2.24, 2.45) is 5.92 Å². The van der Waals surface area contributed by atoms with E-state index in [0.717, 1.165) is 13.1 Å². The summed E-state index contributed by atoms with van der Waals surface area (Å²) in [5.74, 6) is 0.736. The maximum atomic E-state index is 12.7. The van der Waals surface area contributed by atoms with Crippen molar-refractivity contribution in [3.63, 3.8) is 0 Å². The lowest BCUT2D eigenvalue weighted by Gasteiger charge is -2.30. The summed E-state index contributed by atoms with van der Waals surface area (Å²) in [6, 6.07) is 10.6. The molecule has 1 amide bonds. The molecule has 1 fully saturated rings. The maximum Gasteiger partial charge on any atom is 0.237 e. The number of hydrogen-bond donors (Lipinski definition) is 1. The van der Waals surface area contributed by atoms with Gasteiger partial charge in [-0.15, -0.1) is 0 Å². The van der Waals surface area contributed by atoms with Gasteiger partial charge in [-0.25, -0.2) is 0 Å². The van der Waals surface area contributed by atoms with E-state index in [4.69, 9.17) is 0 Å². The number of amides is 1. The molecule has 2 atom stereocenters. The van der Waals surface area contributed by atoms with Crippen LogP contribution in [0.3, 0.4) is 0 Å². The second kappa shape index (κ2) is 8.33. The zero-order valence-corrected chi connectivity index (χ0v) is 14.2. The van der Waals surface area contributed by atoms with E-state index in [1.165, 1.54) is 31.2 Å². The van der Waals surface area contributed by atoms with Gasteiger partial charge < -0.3 is 5.32 Å². The molecule has 3 nitrogen and oxygen atoms in total. The highest BCUT2D eigenvalue weighted by molar-refractivity contribution is 5.81. The lowest BCUT2D eigenvalue weighted by Crippen LogP contribution is -2.47. The van der Waals surface area contributed by atoms with Crippen molar-refractivity contribution in [1.29, 1.82) is 0 Å². The Morgan fingerprint density at radius 2 is 1.77 bits per heavy atom. The third-order valence-corrected chi connectivity index (χ3v) is 5.07. The number of benzene rings is 1. The molecule has 0 radical (unpaired) electrons. The van der Waals surface area contributed by atoms with Crippen molar-refractivity contribution >= 4 is 5.91 Å². The first-order valence-corrected chi connectivity index (χ1v) is 8.76. The van der Waals surface area contributed by atoms with Crippen LogP contribution in [0, 0.1) is 5.92 Å². The van der Waals surface area contributed by atoms with Gasteiger partial charge >= 0.3 is 0 Å². The van der Waals surface area contributed by atoms with E-state index in [1.54, 1.807) is 0 Å². The van der Waals surface area contributed by atoms with Crippen molar-refractivity contribution < 1.29 is 4.79 Å². The highest BCUT2D eigenvalue weighted by atomic mass is 16.2. The first-order chi connectivity index (χ1) is 10.7. The zero-order valence-electron chi connectivity index (χ0n) is 14.2. The van der Waals surface area contributed by atoms with Crippen molar-refractivity contribution in [1.82, 2.24) is 10.2 Å². The molecule has 1 aliphatic rings. The molecule has 0 saturated heterocycles. The van der Waals surface area contributed by atoms with Crippen LogP contribution >= 0.6 is 0 Å². The summed E-state index contributed by atoms with van der Waals surface area (Å²) < 4.78 is 0. The third kappa shape index (κ3) is 4.10. The Hall–Kier alpha value is -1.35. The summed E-state index contributed by atoms with van der Waals surface area (Å²) in [6.07, 6.45) is 5.02. The fourth-order valence-corrected chi connectivity index (χ4v) is 3.64. The van der Waals surface area contributed by atoms with E-state index < -0.39 is 0 Å². The number of nitrogens with zero attached hydrogens (tertiary/aromatic N) is 1. The Kier molecular flexibility index (Phi) is 6.44. The van der Waals surface area contributed by atoms with E-state index in [1.807, 2.05) is 13.0 Å². The molecule has 0 aromatic heterocycles. The Labute approximate surface area is 135 Å². The fourth-order valence-electron chi connectivity index (χ4n) is 3.64. The molecule has 122 valence electrons. The summed E-state index contributed by atoms with van der Waals surface area (Å²) in [6.45, 7) is 8.05. The van der Waals surface area contributed by atoms with Crippen LogP contribution in [0.15, 0.2) is 30.3 Å². The largest absolute Gasteiger partial charge is 0.348 e. The predicted octanol–water partition coefficient (Wildman–Crippen LogP) is 3.76. The van der Waals surface area contributed by atoms with Gasteiger partial charge in [-0.05, 0) is 44.3 Å². The van der Waals surface area contributed by atoms with Crippen LogP contribution in [0.2, 0.25) is 0 Å². The Morgan fingerprint density at radius 1 is 1.18 bits per heavy atom. The monoisotopic (exact) mass is 302 g/mol. The minimum atomic E-state index is -0.0670. The number of carbonyl (C=O) groups is 1. The Morgan fingerprint density at radius 3 is 2.32 bits per heavy atom. The average Bonchev–Trinajstić information content (AvgIpc) is 3.08. The maximum absolute atomic E-state index is 12.7. The molecule has 1 N–H and O–H groups in total. The van der Waals surface area contributed by atoms with E-state index in [2.05, 4.69) is 48.3 Å². The van der Waals surface area contributed by atoms with Crippen LogP contribution in [0.25, 0.3) is 0 Å². The zero-order chi connectivity index (χ0) is 15.9. The second-order valence-electron chi connectivity index (χ2n) is 6.34. The first kappa shape index (κ1) is 17.0. The van der Waals surface area contributed by atoms with Gasteiger partial charge in [-0.1, -0.05) is 57.0 Å². The van der Waals surface area contributed by atoms with Crippen LogP contribution in [0.5, 0.6) is 0 Å². The molecule has 0 heterocycles. The van der Waals surface area contributed by atoms with E-state index in [-0.39, 0.29) is 18.0 Å². The number of rotatable bonds is 7. The van der Waals surface area contributed by atoms with Gasteiger partial charge in [-0.2, -0.15) is 0 Å². The molecular formula is C19H30N2O. The van der Waals surface area contributed by atoms with Crippen molar-refractivity contribution in [3.8, 4) is 0 Å². The Bertz CT molecular complexity index is 450. The topological polar surface area (TPSA) is 32.3 Å². The molecule has 0 bridgehead atoms. The van der Waals surface area contributed by atoms with Crippen LogP contribution in [0.1, 0.15) is 58.1 Å². The van der Waals surface area contributed by atoms with Gasteiger partial charge in [-0.3, -0.25) is 9.69 Å². The van der Waals surface area contributed by atoms with E-state index in [0.29, 0.717) is 5.92 Å². The summed E-state index contributed by atoms with van der Waals surface area (Å²) >= 11 is 0. The summed E-state index contributed by atoms with van der Waals surface area (Å²) in [5.41, 5.74) is 1.24. The SMILES string of the molecule is CCN(CC)C(C)C(=O)NC(c1ccccc1)C1CCCC1. The van der Waals surface area contributed by atoms with Crippen LogP contribution < -0.4 is 5.32 Å². The lowest BCUT2D eigenvalue weighted by atomic mass is 9.91. The average molecular weight is 302 g/mol. The summed E-state index contributed by atoms with van der Waals surface area (Å²) in [4.78, 5) is 14.9. The van der Waals surface area contributed by atoms with Gasteiger partial charge in [0.2, 0.25) is 5.91 Å². The lowest BCUT2D eigenvalue weighted by molar-refractivity contribution is -0.127. The molecular weight excluding hydrogens is 272 g/mol. The van der Waals surface area contributed by atoms with Crippen molar-refractivity contribution in [2.75, 3.05) is 13.1 Å². The first-order valence-electron chi connectivity index (χ1n) is 8.76. The Balaban J connectivity index is 2.11. The molecule has 2 rings (SSSR count). The molecule has 1 saturated carbocycles. The molecule has 1 aromatic carbocycles. The van der Waals surface area contributed by atoms with Crippen molar-refractivity contribution in [2.45, 2.75) is 58.5 Å². The molecule has 1 aliphatic carbocycles. The smallest absolute Gasteiger partial charge is 0.237 e. The van der Waals surface area contributed by atoms with Crippen molar-refractivity contribution in [3.05, 3.63) is 35.9 Å². The van der Waals surface area contributed by atoms with Crippen LogP contribution in [-0.4, -0.2) is 29.9 Å². The standard InChI is InChI=1S/C19H30N2O/c1-4-21(5-2)15(3)19(22)20-18(17-13-9-10-14-17)16-11-7-6-8-12-16/h6-8,11-12,15,17-18H,4-5,9-10,13-14H2,1-3H3,(H,20,22). The number of likely N-dealkylation sites (N-methyl/N-ethyl adjacent to an activating group) is 1. The molecule has 2 unspecified atom stereocenters. The highest BCUT2D eigenvalue weighted by Gasteiger charge is 2.29.